The minimum atomic E-state index is -4.35. The highest BCUT2D eigenvalue weighted by molar-refractivity contribution is 5.79. The van der Waals surface area contributed by atoms with Crippen LogP contribution in [-0.4, -0.2) is 62.6 Å². The number of alkyl halides is 3. The molecule has 1 saturated carbocycles. The molecule has 0 radical (unpaired) electrons. The number of carboxylic acids is 1. The Kier molecular flexibility index (Phi) is 8.80. The molecule has 6 nitrogen and oxygen atoms in total. The van der Waals surface area contributed by atoms with Gasteiger partial charge in [0.05, 0.1) is 38.3 Å². The number of nitrogens with zero attached hydrogens (tertiary/aromatic N) is 2. The molecule has 0 unspecified atom stereocenters. The van der Waals surface area contributed by atoms with Crippen molar-refractivity contribution in [1.82, 2.24) is 4.90 Å². The molecule has 1 aromatic rings. The molecular weight excluding hydrogens is 471 g/mol. The fourth-order valence-electron chi connectivity index (χ4n) is 6.30. The molecule has 0 bridgehead atoms. The third kappa shape index (κ3) is 6.93. The zero-order valence-electron chi connectivity index (χ0n) is 20.9. The van der Waals surface area contributed by atoms with Gasteiger partial charge in [-0.1, -0.05) is 25.3 Å². The standard InChI is InChI=1S/C27H38F3N3O3/c28-27(29,30)23-7-4-8-24(18-23)32-15-13-31(14-16-32)11-9-22-19-33(12-10-21(22)17-25(34)35)26(36)20-5-2-1-3-6-20/h4,7-8,18,20-22H,1-3,5-6,9-17,19H2,(H,34,35)/t21-,22-/m0/s1. The van der Waals surface area contributed by atoms with Crippen LogP contribution in [0.4, 0.5) is 18.9 Å². The molecule has 1 N–H and O–H groups in total. The number of carboxylic acid groups (broad SMARTS) is 1. The van der Waals surface area contributed by atoms with Gasteiger partial charge in [0, 0.05) is 37.1 Å². The van der Waals surface area contributed by atoms with Crippen molar-refractivity contribution in [1.29, 1.82) is 0 Å². The quantitative estimate of drug-likeness (QED) is 0.611. The molecule has 2 saturated heterocycles. The topological polar surface area (TPSA) is 68.1 Å². The van der Waals surface area contributed by atoms with E-state index in [0.717, 1.165) is 57.8 Å². The number of quaternary nitrogens is 1. The molecule has 2 aliphatic heterocycles. The number of benzene rings is 1. The molecule has 0 spiro atoms. The van der Waals surface area contributed by atoms with E-state index in [4.69, 9.17) is 0 Å². The average molecular weight is 510 g/mol. The van der Waals surface area contributed by atoms with Gasteiger partial charge in [-0.25, -0.2) is 0 Å². The molecular formula is C27H38F3N3O3. The third-order valence-electron chi connectivity index (χ3n) is 8.46. The summed E-state index contributed by atoms with van der Waals surface area (Å²) in [4.78, 5) is 29.8. The second kappa shape index (κ2) is 11.8. The SMILES string of the molecule is O=C([O-])C[C@@H]1CCN(C(=O)C2CCCCC2)C[C@@H]1CC[NH+]1CCN(c2cccc(C(F)(F)F)c2)CC1. The van der Waals surface area contributed by atoms with Crippen LogP contribution in [0.3, 0.4) is 0 Å². The minimum absolute atomic E-state index is 0.0243. The van der Waals surface area contributed by atoms with E-state index in [9.17, 15) is 27.9 Å². The Morgan fingerprint density at radius 1 is 1.00 bits per heavy atom. The van der Waals surface area contributed by atoms with Crippen molar-refractivity contribution in [2.75, 3.05) is 50.7 Å². The van der Waals surface area contributed by atoms with Gasteiger partial charge in [0.2, 0.25) is 5.91 Å². The summed E-state index contributed by atoms with van der Waals surface area (Å²) < 4.78 is 39.2. The molecule has 9 heteroatoms. The van der Waals surface area contributed by atoms with Gasteiger partial charge < -0.3 is 24.6 Å². The maximum absolute atomic E-state index is 13.1. The Morgan fingerprint density at radius 2 is 1.72 bits per heavy atom. The first-order valence-corrected chi connectivity index (χ1v) is 13.4. The van der Waals surface area contributed by atoms with Crippen LogP contribution in [0.2, 0.25) is 0 Å². The zero-order chi connectivity index (χ0) is 25.7. The van der Waals surface area contributed by atoms with Gasteiger partial charge in [-0.3, -0.25) is 4.79 Å². The first-order valence-electron chi connectivity index (χ1n) is 13.4. The molecule has 3 fully saturated rings. The van der Waals surface area contributed by atoms with Gasteiger partial charge in [-0.15, -0.1) is 0 Å². The molecule has 200 valence electrons. The Bertz CT molecular complexity index is 896. The lowest BCUT2D eigenvalue weighted by Gasteiger charge is -2.41. The fourth-order valence-corrected chi connectivity index (χ4v) is 6.30. The first kappa shape index (κ1) is 26.8. The highest BCUT2D eigenvalue weighted by atomic mass is 19.4. The van der Waals surface area contributed by atoms with Crippen molar-refractivity contribution in [3.63, 3.8) is 0 Å². The van der Waals surface area contributed by atoms with E-state index >= 15 is 0 Å². The van der Waals surface area contributed by atoms with Crippen LogP contribution in [0.15, 0.2) is 24.3 Å². The number of hydrogen-bond donors (Lipinski definition) is 1. The number of carbonyl (C=O) groups excluding carboxylic acids is 2. The van der Waals surface area contributed by atoms with Crippen molar-refractivity contribution < 1.29 is 32.8 Å². The molecule has 1 amide bonds. The molecule has 2 atom stereocenters. The predicted molar refractivity (Wildman–Crippen MR) is 128 cm³/mol. The van der Waals surface area contributed by atoms with E-state index in [1.54, 1.807) is 6.07 Å². The van der Waals surface area contributed by atoms with Crippen LogP contribution in [0.25, 0.3) is 0 Å². The number of amides is 1. The summed E-state index contributed by atoms with van der Waals surface area (Å²) >= 11 is 0. The second-order valence-corrected chi connectivity index (χ2v) is 10.8. The van der Waals surface area contributed by atoms with Gasteiger partial charge in [0.15, 0.2) is 0 Å². The number of carbonyl (C=O) groups is 2. The Balaban J connectivity index is 1.30. The third-order valence-corrected chi connectivity index (χ3v) is 8.46. The van der Waals surface area contributed by atoms with Crippen LogP contribution < -0.4 is 14.9 Å². The zero-order valence-corrected chi connectivity index (χ0v) is 20.9. The maximum Gasteiger partial charge on any atom is 0.416 e. The lowest BCUT2D eigenvalue weighted by atomic mass is 9.80. The van der Waals surface area contributed by atoms with Crippen molar-refractivity contribution in [3.8, 4) is 0 Å². The molecule has 4 rings (SSSR count). The maximum atomic E-state index is 13.1. The van der Waals surface area contributed by atoms with Crippen LogP contribution >= 0.6 is 0 Å². The van der Waals surface area contributed by atoms with Gasteiger partial charge in [0.25, 0.3) is 0 Å². The van der Waals surface area contributed by atoms with Crippen LogP contribution in [-0.2, 0) is 15.8 Å². The lowest BCUT2D eigenvalue weighted by Crippen LogP contribution is -3.15. The summed E-state index contributed by atoms with van der Waals surface area (Å²) in [6.45, 7) is 5.11. The smallest absolute Gasteiger partial charge is 0.416 e. The summed E-state index contributed by atoms with van der Waals surface area (Å²) in [5.74, 6) is -0.506. The number of piperazine rings is 1. The minimum Gasteiger partial charge on any atom is -0.550 e. The molecule has 3 aliphatic rings. The van der Waals surface area contributed by atoms with Crippen molar-refractivity contribution in [2.24, 2.45) is 17.8 Å². The number of rotatable bonds is 7. The number of likely N-dealkylation sites (tertiary alicyclic amines) is 1. The summed E-state index contributed by atoms with van der Waals surface area (Å²) in [7, 11) is 0. The Labute approximate surface area is 211 Å². The Morgan fingerprint density at radius 3 is 2.39 bits per heavy atom. The molecule has 1 aliphatic carbocycles. The normalized spacial score (nSPS) is 24.6. The lowest BCUT2D eigenvalue weighted by molar-refractivity contribution is -0.901. The predicted octanol–water partition coefficient (Wildman–Crippen LogP) is 1.99. The van der Waals surface area contributed by atoms with Gasteiger partial charge >= 0.3 is 6.18 Å². The summed E-state index contributed by atoms with van der Waals surface area (Å²) in [5, 5.41) is 11.4. The molecule has 36 heavy (non-hydrogen) atoms. The van der Waals surface area contributed by atoms with Gasteiger partial charge in [0.1, 0.15) is 0 Å². The largest absolute Gasteiger partial charge is 0.550 e. The van der Waals surface area contributed by atoms with Gasteiger partial charge in [-0.2, -0.15) is 13.2 Å². The van der Waals surface area contributed by atoms with Crippen LogP contribution in [0, 0.1) is 17.8 Å². The number of piperidine rings is 1. The number of nitrogens with one attached hydrogen (secondary N) is 1. The van der Waals surface area contributed by atoms with E-state index in [1.807, 2.05) is 9.80 Å². The van der Waals surface area contributed by atoms with Crippen molar-refractivity contribution in [2.45, 2.75) is 57.5 Å². The van der Waals surface area contributed by atoms with E-state index in [0.29, 0.717) is 38.3 Å². The molecule has 0 aromatic heterocycles. The average Bonchev–Trinajstić information content (AvgIpc) is 2.88. The summed E-state index contributed by atoms with van der Waals surface area (Å²) in [5.41, 5.74) is -0.0274. The summed E-state index contributed by atoms with van der Waals surface area (Å²) in [6.07, 6.45) is 2.57. The molecule has 2 heterocycles. The van der Waals surface area contributed by atoms with E-state index < -0.39 is 17.7 Å². The van der Waals surface area contributed by atoms with E-state index in [-0.39, 0.29) is 30.1 Å². The second-order valence-electron chi connectivity index (χ2n) is 10.8. The van der Waals surface area contributed by atoms with Crippen LogP contribution in [0.5, 0.6) is 0 Å². The number of anilines is 1. The van der Waals surface area contributed by atoms with Crippen molar-refractivity contribution >= 4 is 17.6 Å². The fraction of sp³-hybridized carbons (Fsp3) is 0.704. The Hall–Kier alpha value is -2.29. The van der Waals surface area contributed by atoms with Crippen LogP contribution in [0.1, 0.15) is 56.9 Å². The van der Waals surface area contributed by atoms with E-state index in [2.05, 4.69) is 0 Å². The number of aliphatic carboxylic acids is 1. The molecule has 1 aromatic carbocycles. The summed E-state index contributed by atoms with van der Waals surface area (Å²) in [6, 6.07) is 5.50. The van der Waals surface area contributed by atoms with E-state index in [1.165, 1.54) is 23.5 Å². The highest BCUT2D eigenvalue weighted by Gasteiger charge is 2.35. The highest BCUT2D eigenvalue weighted by Crippen LogP contribution is 2.33. The van der Waals surface area contributed by atoms with Gasteiger partial charge in [-0.05, 0) is 55.7 Å². The van der Waals surface area contributed by atoms with Crippen molar-refractivity contribution in [3.05, 3.63) is 29.8 Å². The number of hydrogen-bond acceptors (Lipinski definition) is 4. The monoisotopic (exact) mass is 509 g/mol. The number of halogens is 3. The first-order chi connectivity index (χ1) is 17.2.